The van der Waals surface area contributed by atoms with Crippen LogP contribution in [-0.2, 0) is 0 Å². The van der Waals surface area contributed by atoms with E-state index in [1.165, 1.54) is 30.5 Å². The van der Waals surface area contributed by atoms with Crippen LogP contribution in [0.15, 0.2) is 47.1 Å². The van der Waals surface area contributed by atoms with Gasteiger partial charge in [0, 0.05) is 16.4 Å². The van der Waals surface area contributed by atoms with E-state index in [1.807, 2.05) is 0 Å². The minimum absolute atomic E-state index is 0.165. The van der Waals surface area contributed by atoms with Gasteiger partial charge in [-0.25, -0.2) is 4.79 Å². The predicted molar refractivity (Wildman–Crippen MR) is 73.3 cm³/mol. The number of hydrogen-bond donors (Lipinski definition) is 2. The van der Waals surface area contributed by atoms with Gasteiger partial charge in [-0.15, -0.1) is 0 Å². The first kappa shape index (κ1) is 13.2. The highest BCUT2D eigenvalue weighted by Crippen LogP contribution is 2.13. The number of aromatic nitrogens is 1. The molecule has 0 atom stereocenters. The molecule has 5 nitrogen and oxygen atoms in total. The van der Waals surface area contributed by atoms with Gasteiger partial charge in [0.2, 0.25) is 0 Å². The molecule has 0 saturated carbocycles. The molecule has 1 aromatic carbocycles. The van der Waals surface area contributed by atoms with Crippen molar-refractivity contribution in [2.75, 3.05) is 5.32 Å². The van der Waals surface area contributed by atoms with Gasteiger partial charge >= 0.3 is 5.97 Å². The number of amides is 1. The first-order valence-electron chi connectivity index (χ1n) is 5.32. The molecule has 6 heteroatoms. The summed E-state index contributed by atoms with van der Waals surface area (Å²) in [6.07, 6.45) is 1.52. The van der Waals surface area contributed by atoms with Gasteiger partial charge in [0.15, 0.2) is 0 Å². The zero-order valence-corrected chi connectivity index (χ0v) is 11.2. The van der Waals surface area contributed by atoms with Crippen LogP contribution in [0, 0.1) is 0 Å². The molecule has 0 aliphatic rings. The summed E-state index contributed by atoms with van der Waals surface area (Å²) >= 11 is 3.26. The largest absolute Gasteiger partial charge is 0.478 e. The molecule has 96 valence electrons. The van der Waals surface area contributed by atoms with Crippen molar-refractivity contribution < 1.29 is 14.7 Å². The lowest BCUT2D eigenvalue weighted by molar-refractivity contribution is 0.0696. The van der Waals surface area contributed by atoms with Gasteiger partial charge in [-0.05, 0) is 36.4 Å². The summed E-state index contributed by atoms with van der Waals surface area (Å²) in [5, 5.41) is 11.4. The van der Waals surface area contributed by atoms with Crippen LogP contribution < -0.4 is 5.32 Å². The van der Waals surface area contributed by atoms with Gasteiger partial charge < -0.3 is 10.4 Å². The molecule has 0 fully saturated rings. The molecule has 0 radical (unpaired) electrons. The molecule has 1 amide bonds. The Kier molecular flexibility index (Phi) is 3.91. The van der Waals surface area contributed by atoms with E-state index < -0.39 is 5.97 Å². The first-order valence-corrected chi connectivity index (χ1v) is 6.12. The standard InChI is InChI=1S/C13H9BrN2O3/c14-9-5-6-15-11(7-9)12(17)16-10-3-1-8(2-4-10)13(18)19/h1-7H,(H,16,17)(H,18,19). The van der Waals surface area contributed by atoms with E-state index >= 15 is 0 Å². The summed E-state index contributed by atoms with van der Waals surface area (Å²) in [5.41, 5.74) is 0.951. The molecule has 0 aliphatic heterocycles. The summed E-state index contributed by atoms with van der Waals surface area (Å²) in [5.74, 6) is -1.36. The maximum absolute atomic E-state index is 11.9. The van der Waals surface area contributed by atoms with Gasteiger partial charge in [-0.3, -0.25) is 9.78 Å². The van der Waals surface area contributed by atoms with E-state index in [0.29, 0.717) is 5.69 Å². The maximum Gasteiger partial charge on any atom is 0.335 e. The van der Waals surface area contributed by atoms with Crippen LogP contribution in [-0.4, -0.2) is 22.0 Å². The average molecular weight is 321 g/mol. The number of benzene rings is 1. The van der Waals surface area contributed by atoms with Crippen LogP contribution in [0.25, 0.3) is 0 Å². The van der Waals surface area contributed by atoms with E-state index in [2.05, 4.69) is 26.2 Å². The number of nitrogens with one attached hydrogen (secondary N) is 1. The lowest BCUT2D eigenvalue weighted by Gasteiger charge is -2.05. The number of anilines is 1. The molecule has 0 aliphatic carbocycles. The fourth-order valence-electron chi connectivity index (χ4n) is 1.42. The topological polar surface area (TPSA) is 79.3 Å². The Labute approximate surface area is 117 Å². The van der Waals surface area contributed by atoms with Crippen molar-refractivity contribution in [2.24, 2.45) is 0 Å². The molecule has 2 aromatic rings. The highest BCUT2D eigenvalue weighted by Gasteiger charge is 2.08. The number of rotatable bonds is 3. The van der Waals surface area contributed by atoms with Crippen molar-refractivity contribution in [1.82, 2.24) is 4.98 Å². The molecule has 2 rings (SSSR count). The minimum atomic E-state index is -1.01. The summed E-state index contributed by atoms with van der Waals surface area (Å²) < 4.78 is 0.758. The molecule has 0 spiro atoms. The average Bonchev–Trinajstić information content (AvgIpc) is 2.39. The Hall–Kier alpha value is -2.21. The minimum Gasteiger partial charge on any atom is -0.478 e. The Bertz CT molecular complexity index is 626. The lowest BCUT2D eigenvalue weighted by atomic mass is 10.2. The fraction of sp³-hybridized carbons (Fsp3) is 0. The molecule has 2 N–H and O–H groups in total. The number of carbonyl (C=O) groups excluding carboxylic acids is 1. The van der Waals surface area contributed by atoms with E-state index in [-0.39, 0.29) is 17.2 Å². The first-order chi connectivity index (χ1) is 9.06. The summed E-state index contributed by atoms with van der Waals surface area (Å²) in [7, 11) is 0. The van der Waals surface area contributed by atoms with Gasteiger partial charge in [0.25, 0.3) is 5.91 Å². The second kappa shape index (κ2) is 5.62. The van der Waals surface area contributed by atoms with Crippen LogP contribution in [0.3, 0.4) is 0 Å². The van der Waals surface area contributed by atoms with E-state index in [4.69, 9.17) is 5.11 Å². The molecule has 0 unspecified atom stereocenters. The van der Waals surface area contributed by atoms with Gasteiger partial charge in [-0.1, -0.05) is 15.9 Å². The monoisotopic (exact) mass is 320 g/mol. The number of carboxylic acid groups (broad SMARTS) is 1. The van der Waals surface area contributed by atoms with E-state index in [9.17, 15) is 9.59 Å². The third-order valence-corrected chi connectivity index (χ3v) is 2.84. The Morgan fingerprint density at radius 1 is 1.16 bits per heavy atom. The third kappa shape index (κ3) is 3.38. The quantitative estimate of drug-likeness (QED) is 0.911. The number of pyridine rings is 1. The van der Waals surface area contributed by atoms with Crippen molar-refractivity contribution in [3.8, 4) is 0 Å². The fourth-order valence-corrected chi connectivity index (χ4v) is 1.76. The zero-order valence-electron chi connectivity index (χ0n) is 9.63. The summed E-state index contributed by atoms with van der Waals surface area (Å²) in [6, 6.07) is 9.22. The predicted octanol–water partition coefficient (Wildman–Crippen LogP) is 2.79. The number of carboxylic acids is 1. The van der Waals surface area contributed by atoms with Crippen molar-refractivity contribution in [3.63, 3.8) is 0 Å². The van der Waals surface area contributed by atoms with Crippen LogP contribution in [0.5, 0.6) is 0 Å². The smallest absolute Gasteiger partial charge is 0.335 e. The third-order valence-electron chi connectivity index (χ3n) is 2.34. The number of halogens is 1. The lowest BCUT2D eigenvalue weighted by Crippen LogP contribution is -2.13. The SMILES string of the molecule is O=C(O)c1ccc(NC(=O)c2cc(Br)ccn2)cc1. The Balaban J connectivity index is 2.13. The second-order valence-electron chi connectivity index (χ2n) is 3.70. The normalized spacial score (nSPS) is 9.95. The Morgan fingerprint density at radius 2 is 1.84 bits per heavy atom. The molecule has 0 saturated heterocycles. The van der Waals surface area contributed by atoms with Crippen LogP contribution in [0.2, 0.25) is 0 Å². The van der Waals surface area contributed by atoms with E-state index in [0.717, 1.165) is 4.47 Å². The van der Waals surface area contributed by atoms with Crippen molar-refractivity contribution in [1.29, 1.82) is 0 Å². The second-order valence-corrected chi connectivity index (χ2v) is 4.61. The number of aromatic carboxylic acids is 1. The van der Waals surface area contributed by atoms with Crippen molar-refractivity contribution in [2.45, 2.75) is 0 Å². The molecular formula is C13H9BrN2O3. The van der Waals surface area contributed by atoms with Crippen LogP contribution in [0.4, 0.5) is 5.69 Å². The van der Waals surface area contributed by atoms with Crippen LogP contribution >= 0.6 is 15.9 Å². The van der Waals surface area contributed by atoms with Gasteiger partial charge in [0.1, 0.15) is 5.69 Å². The molecular weight excluding hydrogens is 312 g/mol. The number of hydrogen-bond acceptors (Lipinski definition) is 3. The van der Waals surface area contributed by atoms with Crippen molar-refractivity contribution in [3.05, 3.63) is 58.3 Å². The molecule has 1 heterocycles. The highest BCUT2D eigenvalue weighted by molar-refractivity contribution is 9.10. The Morgan fingerprint density at radius 3 is 2.42 bits per heavy atom. The summed E-state index contributed by atoms with van der Waals surface area (Å²) in [4.78, 5) is 26.5. The summed E-state index contributed by atoms with van der Waals surface area (Å²) in [6.45, 7) is 0. The molecule has 19 heavy (non-hydrogen) atoms. The van der Waals surface area contributed by atoms with E-state index in [1.54, 1.807) is 12.1 Å². The van der Waals surface area contributed by atoms with Gasteiger partial charge in [0.05, 0.1) is 5.56 Å². The van der Waals surface area contributed by atoms with Gasteiger partial charge in [-0.2, -0.15) is 0 Å². The number of nitrogens with zero attached hydrogens (tertiary/aromatic N) is 1. The maximum atomic E-state index is 11.9. The molecule has 1 aromatic heterocycles. The zero-order chi connectivity index (χ0) is 13.8. The highest BCUT2D eigenvalue weighted by atomic mass is 79.9. The van der Waals surface area contributed by atoms with Crippen molar-refractivity contribution >= 4 is 33.5 Å². The number of carbonyl (C=O) groups is 2. The molecule has 0 bridgehead atoms. The van der Waals surface area contributed by atoms with Crippen LogP contribution in [0.1, 0.15) is 20.8 Å².